The van der Waals surface area contributed by atoms with Crippen LogP contribution in [0, 0.1) is 13.8 Å². The van der Waals surface area contributed by atoms with Gasteiger partial charge >= 0.3 is 0 Å². The maximum Gasteiger partial charge on any atom is 0.131 e. The first-order valence-corrected chi connectivity index (χ1v) is 7.74. The van der Waals surface area contributed by atoms with E-state index in [4.69, 9.17) is 0 Å². The molecular weight excluding hydrogens is 289 g/mol. The SMILES string of the molecule is Cc1cccc([C@H](Cc2cccc(CF)n2)c2cnc[nH]2)c1C. The molecule has 0 aliphatic rings. The molecule has 0 bridgehead atoms. The lowest BCUT2D eigenvalue weighted by Gasteiger charge is -2.19. The number of benzene rings is 1. The number of pyridine rings is 1. The summed E-state index contributed by atoms with van der Waals surface area (Å²) >= 11 is 0. The van der Waals surface area contributed by atoms with E-state index in [0.717, 1.165) is 11.4 Å². The van der Waals surface area contributed by atoms with Gasteiger partial charge in [-0.15, -0.1) is 0 Å². The smallest absolute Gasteiger partial charge is 0.131 e. The molecule has 2 heterocycles. The highest BCUT2D eigenvalue weighted by molar-refractivity contribution is 5.40. The molecule has 3 aromatic rings. The van der Waals surface area contributed by atoms with Gasteiger partial charge in [-0.3, -0.25) is 4.98 Å². The second kappa shape index (κ2) is 6.73. The molecule has 0 spiro atoms. The summed E-state index contributed by atoms with van der Waals surface area (Å²) in [6, 6.07) is 11.9. The maximum absolute atomic E-state index is 12.9. The van der Waals surface area contributed by atoms with Crippen molar-refractivity contribution < 1.29 is 4.39 Å². The number of hydrogen-bond acceptors (Lipinski definition) is 2. The van der Waals surface area contributed by atoms with E-state index < -0.39 is 6.67 Å². The topological polar surface area (TPSA) is 41.6 Å². The van der Waals surface area contributed by atoms with Crippen LogP contribution in [0.1, 0.15) is 39.7 Å². The minimum atomic E-state index is -0.536. The van der Waals surface area contributed by atoms with E-state index >= 15 is 0 Å². The van der Waals surface area contributed by atoms with E-state index in [1.807, 2.05) is 18.3 Å². The number of nitrogens with zero attached hydrogens (tertiary/aromatic N) is 2. The first-order valence-electron chi connectivity index (χ1n) is 7.74. The Morgan fingerprint density at radius 2 is 1.87 bits per heavy atom. The second-order valence-electron chi connectivity index (χ2n) is 5.81. The first kappa shape index (κ1) is 15.4. The third kappa shape index (κ3) is 3.31. The highest BCUT2D eigenvalue weighted by Gasteiger charge is 2.19. The predicted octanol–water partition coefficient (Wildman–Crippen LogP) is 4.27. The second-order valence-corrected chi connectivity index (χ2v) is 5.81. The van der Waals surface area contributed by atoms with Gasteiger partial charge in [0.15, 0.2) is 0 Å². The Bertz CT molecular complexity index is 781. The zero-order valence-corrected chi connectivity index (χ0v) is 13.4. The quantitative estimate of drug-likeness (QED) is 0.765. The van der Waals surface area contributed by atoms with Crippen LogP contribution in [0.15, 0.2) is 48.9 Å². The molecule has 0 saturated heterocycles. The number of halogens is 1. The van der Waals surface area contributed by atoms with Gasteiger partial charge in [0.05, 0.1) is 12.0 Å². The summed E-state index contributed by atoms with van der Waals surface area (Å²) in [4.78, 5) is 11.8. The fourth-order valence-electron chi connectivity index (χ4n) is 2.92. The molecule has 0 radical (unpaired) electrons. The summed E-state index contributed by atoms with van der Waals surface area (Å²) < 4.78 is 12.9. The Kier molecular flexibility index (Phi) is 4.51. The Labute approximate surface area is 135 Å². The molecule has 23 heavy (non-hydrogen) atoms. The average molecular weight is 309 g/mol. The van der Waals surface area contributed by atoms with Gasteiger partial charge in [0.2, 0.25) is 0 Å². The summed E-state index contributed by atoms with van der Waals surface area (Å²) in [6.07, 6.45) is 4.25. The van der Waals surface area contributed by atoms with Gasteiger partial charge in [-0.2, -0.15) is 0 Å². The summed E-state index contributed by atoms with van der Waals surface area (Å²) in [6.45, 7) is 3.72. The number of rotatable bonds is 5. The molecule has 3 nitrogen and oxygen atoms in total. The molecule has 0 unspecified atom stereocenters. The number of alkyl halides is 1. The van der Waals surface area contributed by atoms with Crippen LogP contribution in [0.3, 0.4) is 0 Å². The lowest BCUT2D eigenvalue weighted by molar-refractivity contribution is 0.474. The molecule has 1 aromatic carbocycles. The van der Waals surface area contributed by atoms with E-state index in [1.165, 1.54) is 16.7 Å². The van der Waals surface area contributed by atoms with E-state index in [2.05, 4.69) is 47.0 Å². The third-order valence-corrected chi connectivity index (χ3v) is 4.33. The molecule has 1 N–H and O–H groups in total. The van der Waals surface area contributed by atoms with Gasteiger partial charge in [-0.1, -0.05) is 24.3 Å². The first-order chi connectivity index (χ1) is 11.2. The number of nitrogens with one attached hydrogen (secondary N) is 1. The fourth-order valence-corrected chi connectivity index (χ4v) is 2.92. The van der Waals surface area contributed by atoms with Crippen LogP contribution in [0.25, 0.3) is 0 Å². The van der Waals surface area contributed by atoms with Gasteiger partial charge in [0.1, 0.15) is 6.67 Å². The predicted molar refractivity (Wildman–Crippen MR) is 89.1 cm³/mol. The summed E-state index contributed by atoms with van der Waals surface area (Å²) in [5.41, 5.74) is 6.20. The minimum Gasteiger partial charge on any atom is -0.348 e. The van der Waals surface area contributed by atoms with Gasteiger partial charge in [-0.25, -0.2) is 9.37 Å². The van der Waals surface area contributed by atoms with Crippen molar-refractivity contribution in [2.45, 2.75) is 32.9 Å². The molecule has 3 rings (SSSR count). The molecule has 4 heteroatoms. The van der Waals surface area contributed by atoms with E-state index in [9.17, 15) is 4.39 Å². The standard InChI is InChI=1S/C19H20FN3/c1-13-5-3-8-17(14(13)2)18(19-11-21-12-22-19)9-15-6-4-7-16(10-20)23-15/h3-8,11-12,18H,9-10H2,1-2H3,(H,21,22)/t18-/m0/s1. The van der Waals surface area contributed by atoms with Crippen molar-refractivity contribution in [3.05, 3.63) is 82.7 Å². The van der Waals surface area contributed by atoms with E-state index in [1.54, 1.807) is 12.4 Å². The third-order valence-electron chi connectivity index (χ3n) is 4.33. The highest BCUT2D eigenvalue weighted by atomic mass is 19.1. The molecule has 0 amide bonds. The van der Waals surface area contributed by atoms with Crippen LogP contribution in [0.2, 0.25) is 0 Å². The van der Waals surface area contributed by atoms with Crippen molar-refractivity contribution in [3.8, 4) is 0 Å². The molecule has 1 atom stereocenters. The van der Waals surface area contributed by atoms with Gasteiger partial charge in [0.25, 0.3) is 0 Å². The number of aryl methyl sites for hydroxylation is 1. The zero-order valence-electron chi connectivity index (χ0n) is 13.4. The van der Waals surface area contributed by atoms with Crippen LogP contribution >= 0.6 is 0 Å². The van der Waals surface area contributed by atoms with Crippen molar-refractivity contribution in [2.24, 2.45) is 0 Å². The van der Waals surface area contributed by atoms with Crippen LogP contribution in [0.5, 0.6) is 0 Å². The largest absolute Gasteiger partial charge is 0.348 e. The normalized spacial score (nSPS) is 12.3. The summed E-state index contributed by atoms with van der Waals surface area (Å²) in [5.74, 6) is 0.125. The number of H-pyrrole nitrogens is 1. The number of aromatic nitrogens is 3. The van der Waals surface area contributed by atoms with Crippen molar-refractivity contribution >= 4 is 0 Å². The van der Waals surface area contributed by atoms with Crippen molar-refractivity contribution in [2.75, 3.05) is 0 Å². The molecule has 2 aromatic heterocycles. The molecule has 0 saturated carbocycles. The summed E-state index contributed by atoms with van der Waals surface area (Å²) in [5, 5.41) is 0. The van der Waals surface area contributed by atoms with Crippen LogP contribution < -0.4 is 0 Å². The minimum absolute atomic E-state index is 0.125. The Balaban J connectivity index is 2.01. The lowest BCUT2D eigenvalue weighted by Crippen LogP contribution is -2.09. The number of aromatic amines is 1. The van der Waals surface area contributed by atoms with Crippen LogP contribution in [-0.4, -0.2) is 15.0 Å². The molecular formula is C19H20FN3. The van der Waals surface area contributed by atoms with Crippen LogP contribution in [-0.2, 0) is 13.1 Å². The van der Waals surface area contributed by atoms with Crippen LogP contribution in [0.4, 0.5) is 4.39 Å². The highest BCUT2D eigenvalue weighted by Crippen LogP contribution is 2.30. The Morgan fingerprint density at radius 3 is 2.61 bits per heavy atom. The molecule has 0 aliphatic heterocycles. The lowest BCUT2D eigenvalue weighted by atomic mass is 9.87. The van der Waals surface area contributed by atoms with Crippen molar-refractivity contribution in [1.29, 1.82) is 0 Å². The van der Waals surface area contributed by atoms with E-state index in [-0.39, 0.29) is 5.92 Å². The Morgan fingerprint density at radius 1 is 1.09 bits per heavy atom. The number of hydrogen-bond donors (Lipinski definition) is 1. The monoisotopic (exact) mass is 309 g/mol. The maximum atomic E-state index is 12.9. The molecule has 118 valence electrons. The zero-order chi connectivity index (χ0) is 16.2. The molecule has 0 fully saturated rings. The van der Waals surface area contributed by atoms with Gasteiger partial charge in [0, 0.05) is 29.9 Å². The van der Waals surface area contributed by atoms with Gasteiger partial charge in [-0.05, 0) is 42.7 Å². The Hall–Kier alpha value is -2.49. The molecule has 0 aliphatic carbocycles. The van der Waals surface area contributed by atoms with E-state index in [0.29, 0.717) is 12.1 Å². The fraction of sp³-hybridized carbons (Fsp3) is 0.263. The number of imidazole rings is 1. The summed E-state index contributed by atoms with van der Waals surface area (Å²) in [7, 11) is 0. The van der Waals surface area contributed by atoms with Gasteiger partial charge < -0.3 is 4.98 Å². The average Bonchev–Trinajstić information content (AvgIpc) is 3.10. The van der Waals surface area contributed by atoms with Crippen molar-refractivity contribution in [1.82, 2.24) is 15.0 Å². The van der Waals surface area contributed by atoms with Crippen molar-refractivity contribution in [3.63, 3.8) is 0 Å².